The van der Waals surface area contributed by atoms with E-state index >= 15 is 0 Å². The lowest BCUT2D eigenvalue weighted by Gasteiger charge is -2.28. The van der Waals surface area contributed by atoms with Crippen LogP contribution in [0.25, 0.3) is 0 Å². The van der Waals surface area contributed by atoms with Crippen LogP contribution in [-0.2, 0) is 9.59 Å². The molecule has 0 saturated carbocycles. The van der Waals surface area contributed by atoms with E-state index in [-0.39, 0.29) is 18.4 Å². The maximum absolute atomic E-state index is 11.9. The van der Waals surface area contributed by atoms with E-state index in [0.29, 0.717) is 18.9 Å². The highest BCUT2D eigenvalue weighted by molar-refractivity contribution is 5.82. The number of hydrogen-bond acceptors (Lipinski definition) is 3. The van der Waals surface area contributed by atoms with Crippen LogP contribution in [0, 0.1) is 5.92 Å². The molecule has 5 nitrogen and oxygen atoms in total. The van der Waals surface area contributed by atoms with Crippen LogP contribution in [0.2, 0.25) is 0 Å². The number of amides is 1. The predicted octanol–water partition coefficient (Wildman–Crippen LogP) is 0.698. The van der Waals surface area contributed by atoms with Gasteiger partial charge in [0.2, 0.25) is 5.91 Å². The molecule has 2 N–H and O–H groups in total. The van der Waals surface area contributed by atoms with Crippen molar-refractivity contribution in [2.45, 2.75) is 39.2 Å². The summed E-state index contributed by atoms with van der Waals surface area (Å²) in [7, 11) is 0. The fourth-order valence-corrected chi connectivity index (χ4v) is 2.26. The summed E-state index contributed by atoms with van der Waals surface area (Å²) in [4.78, 5) is 24.6. The highest BCUT2D eigenvalue weighted by Crippen LogP contribution is 2.14. The van der Waals surface area contributed by atoms with Crippen molar-refractivity contribution in [3.63, 3.8) is 0 Å². The number of nitrogens with zero attached hydrogens (tertiary/aromatic N) is 1. The van der Waals surface area contributed by atoms with E-state index in [9.17, 15) is 9.59 Å². The summed E-state index contributed by atoms with van der Waals surface area (Å²) in [6, 6.07) is -0.281. The van der Waals surface area contributed by atoms with Gasteiger partial charge in [-0.3, -0.25) is 14.5 Å². The van der Waals surface area contributed by atoms with Gasteiger partial charge in [-0.15, -0.1) is 0 Å². The number of carbonyl (C=O) groups is 2. The fourth-order valence-electron chi connectivity index (χ4n) is 2.26. The Labute approximate surface area is 102 Å². The van der Waals surface area contributed by atoms with Gasteiger partial charge in [0, 0.05) is 19.5 Å². The van der Waals surface area contributed by atoms with Gasteiger partial charge >= 0.3 is 5.97 Å². The van der Waals surface area contributed by atoms with Crippen LogP contribution in [0.4, 0.5) is 0 Å². The van der Waals surface area contributed by atoms with Crippen LogP contribution in [0.5, 0.6) is 0 Å². The van der Waals surface area contributed by atoms with Crippen molar-refractivity contribution in [2.24, 2.45) is 5.92 Å². The minimum absolute atomic E-state index is 0.0240. The molecule has 1 amide bonds. The Morgan fingerprint density at radius 1 is 1.59 bits per heavy atom. The SMILES string of the molecule is CCCN1CC(C)CNC(=O)C1CCC(=O)O. The molecule has 0 aliphatic carbocycles. The number of nitrogens with one attached hydrogen (secondary N) is 1. The van der Waals surface area contributed by atoms with Crippen LogP contribution in [0.1, 0.15) is 33.1 Å². The highest BCUT2D eigenvalue weighted by Gasteiger charge is 2.29. The molecular weight excluding hydrogens is 220 g/mol. The van der Waals surface area contributed by atoms with Crippen molar-refractivity contribution in [2.75, 3.05) is 19.6 Å². The molecule has 0 aromatic rings. The number of rotatable bonds is 5. The molecule has 17 heavy (non-hydrogen) atoms. The van der Waals surface area contributed by atoms with E-state index < -0.39 is 5.97 Å². The van der Waals surface area contributed by atoms with Gasteiger partial charge < -0.3 is 10.4 Å². The smallest absolute Gasteiger partial charge is 0.303 e. The molecule has 2 atom stereocenters. The normalized spacial score (nSPS) is 26.4. The standard InChI is InChI=1S/C12H22N2O3/c1-3-6-14-8-9(2)7-13-12(17)10(14)4-5-11(15)16/h9-10H,3-8H2,1-2H3,(H,13,17)(H,15,16). The summed E-state index contributed by atoms with van der Waals surface area (Å²) < 4.78 is 0. The molecule has 1 aliphatic rings. The first-order valence-corrected chi connectivity index (χ1v) is 6.28. The number of hydrogen-bond donors (Lipinski definition) is 2. The maximum atomic E-state index is 11.9. The first-order valence-electron chi connectivity index (χ1n) is 6.28. The third-order valence-corrected chi connectivity index (χ3v) is 3.06. The molecule has 1 fully saturated rings. The van der Waals surface area contributed by atoms with Crippen molar-refractivity contribution in [1.29, 1.82) is 0 Å². The molecule has 1 heterocycles. The molecule has 1 saturated heterocycles. The summed E-state index contributed by atoms with van der Waals surface area (Å²) in [5.41, 5.74) is 0. The molecular formula is C12H22N2O3. The Morgan fingerprint density at radius 3 is 2.88 bits per heavy atom. The molecule has 98 valence electrons. The Bertz CT molecular complexity index is 281. The molecule has 2 unspecified atom stereocenters. The third-order valence-electron chi connectivity index (χ3n) is 3.06. The molecule has 0 spiro atoms. The summed E-state index contributed by atoms with van der Waals surface area (Å²) in [5, 5.41) is 11.6. The number of aliphatic carboxylic acids is 1. The average molecular weight is 242 g/mol. The zero-order valence-electron chi connectivity index (χ0n) is 10.6. The van der Waals surface area contributed by atoms with Crippen molar-refractivity contribution < 1.29 is 14.7 Å². The second-order valence-corrected chi connectivity index (χ2v) is 4.79. The first kappa shape index (κ1) is 14.0. The lowest BCUT2D eigenvalue weighted by Crippen LogP contribution is -2.44. The van der Waals surface area contributed by atoms with Crippen molar-refractivity contribution in [1.82, 2.24) is 10.2 Å². The van der Waals surface area contributed by atoms with Gasteiger partial charge in [0.15, 0.2) is 0 Å². The lowest BCUT2D eigenvalue weighted by atomic mass is 10.1. The maximum Gasteiger partial charge on any atom is 0.303 e. The Morgan fingerprint density at radius 2 is 2.29 bits per heavy atom. The van der Waals surface area contributed by atoms with Gasteiger partial charge in [-0.1, -0.05) is 13.8 Å². The largest absolute Gasteiger partial charge is 0.481 e. The van der Waals surface area contributed by atoms with Gasteiger partial charge in [0.25, 0.3) is 0 Å². The quantitative estimate of drug-likeness (QED) is 0.744. The van der Waals surface area contributed by atoms with Crippen LogP contribution < -0.4 is 5.32 Å². The topological polar surface area (TPSA) is 69.6 Å². The zero-order valence-corrected chi connectivity index (χ0v) is 10.6. The van der Waals surface area contributed by atoms with E-state index in [1.165, 1.54) is 0 Å². The molecule has 0 aromatic heterocycles. The third kappa shape index (κ3) is 4.34. The van der Waals surface area contributed by atoms with E-state index in [2.05, 4.69) is 24.1 Å². The predicted molar refractivity (Wildman–Crippen MR) is 64.7 cm³/mol. The molecule has 0 radical (unpaired) electrons. The summed E-state index contributed by atoms with van der Waals surface area (Å²) in [6.07, 6.45) is 1.42. The van der Waals surface area contributed by atoms with Crippen LogP contribution >= 0.6 is 0 Å². The number of carbonyl (C=O) groups excluding carboxylic acids is 1. The van der Waals surface area contributed by atoms with E-state index in [1.54, 1.807) is 0 Å². The van der Waals surface area contributed by atoms with Gasteiger partial charge in [-0.25, -0.2) is 0 Å². The summed E-state index contributed by atoms with van der Waals surface area (Å²) >= 11 is 0. The molecule has 0 aromatic carbocycles. The summed E-state index contributed by atoms with van der Waals surface area (Å²) in [6.45, 7) is 6.56. The van der Waals surface area contributed by atoms with Crippen LogP contribution in [0.3, 0.4) is 0 Å². The first-order chi connectivity index (χ1) is 8.04. The van der Waals surface area contributed by atoms with E-state index in [1.807, 2.05) is 0 Å². The second kappa shape index (κ2) is 6.59. The van der Waals surface area contributed by atoms with Crippen molar-refractivity contribution in [3.8, 4) is 0 Å². The lowest BCUT2D eigenvalue weighted by molar-refractivity contribution is -0.137. The molecule has 5 heteroatoms. The molecule has 1 rings (SSSR count). The number of carboxylic acids is 1. The number of carboxylic acid groups (broad SMARTS) is 1. The van der Waals surface area contributed by atoms with Gasteiger partial charge in [0.1, 0.15) is 0 Å². The van der Waals surface area contributed by atoms with Gasteiger partial charge in [-0.2, -0.15) is 0 Å². The Kier molecular flexibility index (Phi) is 5.41. The second-order valence-electron chi connectivity index (χ2n) is 4.79. The highest BCUT2D eigenvalue weighted by atomic mass is 16.4. The van der Waals surface area contributed by atoms with Crippen LogP contribution in [0.15, 0.2) is 0 Å². The van der Waals surface area contributed by atoms with Crippen molar-refractivity contribution >= 4 is 11.9 Å². The van der Waals surface area contributed by atoms with Gasteiger partial charge in [0.05, 0.1) is 6.04 Å². The van der Waals surface area contributed by atoms with Crippen molar-refractivity contribution in [3.05, 3.63) is 0 Å². The Balaban J connectivity index is 2.68. The Hall–Kier alpha value is -1.10. The van der Waals surface area contributed by atoms with Gasteiger partial charge in [-0.05, 0) is 25.3 Å². The summed E-state index contributed by atoms with van der Waals surface area (Å²) in [5.74, 6) is -0.448. The van der Waals surface area contributed by atoms with E-state index in [4.69, 9.17) is 5.11 Å². The average Bonchev–Trinajstić information content (AvgIpc) is 2.37. The monoisotopic (exact) mass is 242 g/mol. The minimum Gasteiger partial charge on any atom is -0.481 e. The minimum atomic E-state index is -0.841. The molecule has 0 bridgehead atoms. The van der Waals surface area contributed by atoms with Crippen LogP contribution in [-0.4, -0.2) is 47.6 Å². The zero-order chi connectivity index (χ0) is 12.8. The van der Waals surface area contributed by atoms with E-state index in [0.717, 1.165) is 19.5 Å². The fraction of sp³-hybridized carbons (Fsp3) is 0.833. The molecule has 1 aliphatic heterocycles.